The second kappa shape index (κ2) is 4.58. The molecular weight excluding hydrogens is 222 g/mol. The molecule has 0 saturated carbocycles. The molecule has 2 N–H and O–H groups in total. The molecule has 1 aromatic heterocycles. The average molecular weight is 236 g/mol. The normalized spacial score (nSPS) is 10.6. The molecule has 0 unspecified atom stereocenters. The van der Waals surface area contributed by atoms with E-state index in [1.54, 1.807) is 6.20 Å². The first-order valence-electron chi connectivity index (χ1n) is 5.30. The van der Waals surface area contributed by atoms with Gasteiger partial charge in [0.25, 0.3) is 0 Å². The highest BCUT2D eigenvalue weighted by Crippen LogP contribution is 2.19. The van der Waals surface area contributed by atoms with Crippen molar-refractivity contribution in [2.75, 3.05) is 5.73 Å². The molecule has 0 fully saturated rings. The van der Waals surface area contributed by atoms with Crippen molar-refractivity contribution < 1.29 is 0 Å². The van der Waals surface area contributed by atoms with Crippen molar-refractivity contribution in [2.24, 2.45) is 0 Å². The first-order chi connectivity index (χ1) is 7.72. The second-order valence-corrected chi connectivity index (χ2v) is 4.12. The van der Waals surface area contributed by atoms with Crippen LogP contribution in [0.25, 0.3) is 5.69 Å². The fourth-order valence-corrected chi connectivity index (χ4v) is 1.80. The van der Waals surface area contributed by atoms with Crippen LogP contribution >= 0.6 is 11.6 Å². The zero-order valence-corrected chi connectivity index (χ0v) is 9.91. The summed E-state index contributed by atoms with van der Waals surface area (Å²) in [6.45, 7) is 2.12. The third-order valence-corrected chi connectivity index (χ3v) is 2.71. The minimum atomic E-state index is 0.723. The molecule has 0 atom stereocenters. The Morgan fingerprint density at radius 1 is 1.31 bits per heavy atom. The Balaban J connectivity index is 2.43. The van der Waals surface area contributed by atoms with Crippen molar-refractivity contribution in [1.82, 2.24) is 9.78 Å². The maximum absolute atomic E-state index is 5.89. The lowest BCUT2D eigenvalue weighted by Crippen LogP contribution is -2.03. The highest BCUT2D eigenvalue weighted by molar-refractivity contribution is 6.30. The van der Waals surface area contributed by atoms with Crippen LogP contribution in [0.15, 0.2) is 30.5 Å². The first kappa shape index (κ1) is 11.0. The molecule has 1 heterocycles. The van der Waals surface area contributed by atoms with Crippen molar-refractivity contribution >= 4 is 17.3 Å². The van der Waals surface area contributed by atoms with Crippen LogP contribution in [0.5, 0.6) is 0 Å². The predicted octanol–water partition coefficient (Wildman–Crippen LogP) is 3.06. The van der Waals surface area contributed by atoms with E-state index in [1.807, 2.05) is 28.9 Å². The largest absolute Gasteiger partial charge is 0.396 e. The summed E-state index contributed by atoms with van der Waals surface area (Å²) in [5, 5.41) is 5.01. The number of benzene rings is 1. The van der Waals surface area contributed by atoms with Crippen molar-refractivity contribution in [3.8, 4) is 5.69 Å². The van der Waals surface area contributed by atoms with E-state index >= 15 is 0 Å². The highest BCUT2D eigenvalue weighted by Gasteiger charge is 2.08. The predicted molar refractivity (Wildman–Crippen MR) is 67.0 cm³/mol. The Kier molecular flexibility index (Phi) is 3.15. The zero-order chi connectivity index (χ0) is 11.5. The Labute approximate surface area is 99.8 Å². The monoisotopic (exact) mass is 235 g/mol. The van der Waals surface area contributed by atoms with E-state index < -0.39 is 0 Å². The molecular formula is C12H14ClN3. The average Bonchev–Trinajstić information content (AvgIpc) is 2.63. The van der Waals surface area contributed by atoms with Gasteiger partial charge in [0.2, 0.25) is 0 Å². The molecule has 0 aliphatic rings. The number of nitrogens with zero attached hydrogens (tertiary/aromatic N) is 2. The molecule has 2 aromatic rings. The SMILES string of the molecule is CCCc1c(N)cnn1-c1ccc(Cl)cc1. The van der Waals surface area contributed by atoms with Crippen molar-refractivity contribution in [3.05, 3.63) is 41.2 Å². The molecule has 0 amide bonds. The van der Waals surface area contributed by atoms with Gasteiger partial charge in [0.15, 0.2) is 0 Å². The standard InChI is InChI=1S/C12H14ClN3/c1-2-3-12-11(14)8-15-16(12)10-6-4-9(13)5-7-10/h4-8H,2-3,14H2,1H3. The highest BCUT2D eigenvalue weighted by atomic mass is 35.5. The number of rotatable bonds is 3. The van der Waals surface area contributed by atoms with Crippen LogP contribution < -0.4 is 5.73 Å². The van der Waals surface area contributed by atoms with Crippen LogP contribution in [-0.2, 0) is 6.42 Å². The van der Waals surface area contributed by atoms with Crippen LogP contribution in [0.2, 0.25) is 5.02 Å². The van der Waals surface area contributed by atoms with Crippen molar-refractivity contribution in [1.29, 1.82) is 0 Å². The molecule has 3 nitrogen and oxygen atoms in total. The summed E-state index contributed by atoms with van der Waals surface area (Å²) in [7, 11) is 0. The van der Waals surface area contributed by atoms with Gasteiger partial charge in [0, 0.05) is 5.02 Å². The molecule has 16 heavy (non-hydrogen) atoms. The van der Waals surface area contributed by atoms with Gasteiger partial charge in [-0.3, -0.25) is 0 Å². The fraction of sp³-hybridized carbons (Fsp3) is 0.250. The third kappa shape index (κ3) is 2.04. The second-order valence-electron chi connectivity index (χ2n) is 3.68. The van der Waals surface area contributed by atoms with E-state index in [0.29, 0.717) is 0 Å². The Morgan fingerprint density at radius 2 is 2.00 bits per heavy atom. The molecule has 0 aliphatic carbocycles. The number of halogens is 1. The molecule has 2 rings (SSSR count). The van der Waals surface area contributed by atoms with Gasteiger partial charge < -0.3 is 5.73 Å². The summed E-state index contributed by atoms with van der Waals surface area (Å²) in [5.41, 5.74) is 8.68. The minimum absolute atomic E-state index is 0.723. The Morgan fingerprint density at radius 3 is 2.62 bits per heavy atom. The van der Waals surface area contributed by atoms with Gasteiger partial charge in [-0.25, -0.2) is 4.68 Å². The molecule has 0 aliphatic heterocycles. The van der Waals surface area contributed by atoms with E-state index in [0.717, 1.165) is 34.9 Å². The van der Waals surface area contributed by atoms with Gasteiger partial charge in [-0.2, -0.15) is 5.10 Å². The smallest absolute Gasteiger partial charge is 0.0737 e. The topological polar surface area (TPSA) is 43.8 Å². The molecule has 0 bridgehead atoms. The number of aromatic nitrogens is 2. The Bertz CT molecular complexity index is 474. The number of hydrogen-bond donors (Lipinski definition) is 1. The summed E-state index contributed by atoms with van der Waals surface area (Å²) in [5.74, 6) is 0. The maximum atomic E-state index is 5.89. The maximum Gasteiger partial charge on any atom is 0.0737 e. The van der Waals surface area contributed by atoms with E-state index in [9.17, 15) is 0 Å². The van der Waals surface area contributed by atoms with E-state index in [2.05, 4.69) is 12.0 Å². The van der Waals surface area contributed by atoms with Gasteiger partial charge in [0.05, 0.1) is 23.3 Å². The van der Waals surface area contributed by atoms with E-state index in [-0.39, 0.29) is 0 Å². The van der Waals surface area contributed by atoms with Crippen LogP contribution in [0, 0.1) is 0 Å². The third-order valence-electron chi connectivity index (χ3n) is 2.46. The molecule has 0 radical (unpaired) electrons. The minimum Gasteiger partial charge on any atom is -0.396 e. The fourth-order valence-electron chi connectivity index (χ4n) is 1.68. The summed E-state index contributed by atoms with van der Waals surface area (Å²) >= 11 is 5.85. The molecule has 0 spiro atoms. The van der Waals surface area contributed by atoms with Gasteiger partial charge in [0.1, 0.15) is 0 Å². The number of hydrogen-bond acceptors (Lipinski definition) is 2. The van der Waals surface area contributed by atoms with Crippen molar-refractivity contribution in [2.45, 2.75) is 19.8 Å². The van der Waals surface area contributed by atoms with Crippen LogP contribution in [0.1, 0.15) is 19.0 Å². The number of anilines is 1. The summed E-state index contributed by atoms with van der Waals surface area (Å²) in [4.78, 5) is 0. The lowest BCUT2D eigenvalue weighted by Gasteiger charge is -2.07. The number of nitrogen functional groups attached to an aromatic ring is 1. The van der Waals surface area contributed by atoms with Gasteiger partial charge >= 0.3 is 0 Å². The van der Waals surface area contributed by atoms with Crippen LogP contribution in [-0.4, -0.2) is 9.78 Å². The van der Waals surface area contributed by atoms with E-state index in [4.69, 9.17) is 17.3 Å². The van der Waals surface area contributed by atoms with Gasteiger partial charge in [-0.1, -0.05) is 24.9 Å². The van der Waals surface area contributed by atoms with Crippen LogP contribution in [0.3, 0.4) is 0 Å². The molecule has 0 saturated heterocycles. The molecule has 1 aromatic carbocycles. The number of nitrogens with two attached hydrogens (primary N) is 1. The quantitative estimate of drug-likeness (QED) is 0.889. The lowest BCUT2D eigenvalue weighted by atomic mass is 10.2. The van der Waals surface area contributed by atoms with Gasteiger partial charge in [-0.05, 0) is 30.7 Å². The molecule has 4 heteroatoms. The summed E-state index contributed by atoms with van der Waals surface area (Å²) in [6, 6.07) is 7.58. The Hall–Kier alpha value is -1.48. The summed E-state index contributed by atoms with van der Waals surface area (Å²) < 4.78 is 1.87. The zero-order valence-electron chi connectivity index (χ0n) is 9.15. The summed E-state index contributed by atoms with van der Waals surface area (Å²) in [6.07, 6.45) is 3.66. The van der Waals surface area contributed by atoms with Gasteiger partial charge in [-0.15, -0.1) is 0 Å². The first-order valence-corrected chi connectivity index (χ1v) is 5.68. The van der Waals surface area contributed by atoms with Crippen LogP contribution in [0.4, 0.5) is 5.69 Å². The van der Waals surface area contributed by atoms with E-state index in [1.165, 1.54) is 0 Å². The molecule has 84 valence electrons. The lowest BCUT2D eigenvalue weighted by molar-refractivity contribution is 0.776. The van der Waals surface area contributed by atoms with Crippen molar-refractivity contribution in [3.63, 3.8) is 0 Å².